The van der Waals surface area contributed by atoms with Crippen LogP contribution >= 0.6 is 0 Å². The molecule has 11 heteroatoms. The van der Waals surface area contributed by atoms with E-state index in [1.165, 1.54) is 21.3 Å². The summed E-state index contributed by atoms with van der Waals surface area (Å²) in [6.45, 7) is 8.23. The van der Waals surface area contributed by atoms with Gasteiger partial charge in [-0.1, -0.05) is 0 Å². The van der Waals surface area contributed by atoms with Crippen molar-refractivity contribution < 1.29 is 19.0 Å². The Morgan fingerprint density at radius 2 is 1.49 bits per heavy atom. The first-order valence-corrected chi connectivity index (χ1v) is 11.3. The molecular weight excluding hydrogens is 450 g/mol. The van der Waals surface area contributed by atoms with Crippen LogP contribution in [0.5, 0.6) is 17.2 Å². The second kappa shape index (κ2) is 10.1. The zero-order chi connectivity index (χ0) is 25.1. The SMILES string of the molecule is COc1cc(NC(=O)N2CCN(c3cc(-n4nc(C)cc4C)nc(C)n3)CC2)cc(OC)c1OC. The molecule has 0 bridgehead atoms. The van der Waals surface area contributed by atoms with Gasteiger partial charge in [0.05, 0.1) is 32.7 Å². The van der Waals surface area contributed by atoms with Crippen molar-refractivity contribution >= 4 is 17.5 Å². The summed E-state index contributed by atoms with van der Waals surface area (Å²) < 4.78 is 17.9. The van der Waals surface area contributed by atoms with Gasteiger partial charge in [0, 0.05) is 50.1 Å². The van der Waals surface area contributed by atoms with Crippen LogP contribution in [0.15, 0.2) is 24.3 Å². The minimum Gasteiger partial charge on any atom is -0.493 e. The van der Waals surface area contributed by atoms with Gasteiger partial charge in [-0.15, -0.1) is 0 Å². The first kappa shape index (κ1) is 24.1. The maximum absolute atomic E-state index is 12.9. The summed E-state index contributed by atoms with van der Waals surface area (Å²) in [7, 11) is 4.62. The topological polar surface area (TPSA) is 107 Å². The highest BCUT2D eigenvalue weighted by Gasteiger charge is 2.24. The van der Waals surface area contributed by atoms with Gasteiger partial charge in [0.25, 0.3) is 0 Å². The molecule has 2 amide bonds. The maximum atomic E-state index is 12.9. The van der Waals surface area contributed by atoms with E-state index in [1.807, 2.05) is 37.6 Å². The van der Waals surface area contributed by atoms with Crippen LogP contribution in [-0.2, 0) is 0 Å². The zero-order valence-electron chi connectivity index (χ0n) is 21.0. The Morgan fingerprint density at radius 3 is 2.03 bits per heavy atom. The molecule has 0 unspecified atom stereocenters. The van der Waals surface area contributed by atoms with Crippen LogP contribution in [0.2, 0.25) is 0 Å². The number of urea groups is 1. The first-order valence-electron chi connectivity index (χ1n) is 11.3. The number of aryl methyl sites for hydroxylation is 3. The lowest BCUT2D eigenvalue weighted by Gasteiger charge is -2.35. The summed E-state index contributed by atoms with van der Waals surface area (Å²) in [4.78, 5) is 26.1. The Kier molecular flexibility index (Phi) is 6.94. The number of carbonyl (C=O) groups is 1. The number of carbonyl (C=O) groups excluding carboxylic acids is 1. The van der Waals surface area contributed by atoms with Crippen molar-refractivity contribution in [1.82, 2.24) is 24.6 Å². The zero-order valence-corrected chi connectivity index (χ0v) is 21.0. The van der Waals surface area contributed by atoms with Crippen molar-refractivity contribution in [1.29, 1.82) is 0 Å². The van der Waals surface area contributed by atoms with Gasteiger partial charge in [-0.05, 0) is 26.8 Å². The van der Waals surface area contributed by atoms with E-state index in [-0.39, 0.29) is 6.03 Å². The standard InChI is InChI=1S/C24H31N7O4/c1-15-11-16(2)31(28-15)22-14-21(25-17(3)26-22)29-7-9-30(10-8-29)24(32)27-18-12-19(33-4)23(35-6)20(13-18)34-5/h11-14H,7-10H2,1-6H3,(H,27,32). The molecule has 4 rings (SSSR count). The average molecular weight is 482 g/mol. The van der Waals surface area contributed by atoms with Gasteiger partial charge in [-0.25, -0.2) is 19.4 Å². The molecule has 1 aliphatic heterocycles. The number of hydrogen-bond donors (Lipinski definition) is 1. The van der Waals surface area contributed by atoms with Crippen LogP contribution in [0.1, 0.15) is 17.2 Å². The molecule has 1 saturated heterocycles. The molecule has 1 N–H and O–H groups in total. The summed E-state index contributed by atoms with van der Waals surface area (Å²) in [5.41, 5.74) is 2.51. The van der Waals surface area contributed by atoms with Crippen LogP contribution in [0.25, 0.3) is 5.82 Å². The number of benzene rings is 1. The number of ether oxygens (including phenoxy) is 3. The largest absolute Gasteiger partial charge is 0.493 e. The Labute approximate surface area is 204 Å². The molecule has 1 aliphatic rings. The van der Waals surface area contributed by atoms with Crippen LogP contribution in [0.4, 0.5) is 16.3 Å². The first-order chi connectivity index (χ1) is 16.8. The minimum atomic E-state index is -0.193. The van der Waals surface area contributed by atoms with Crippen molar-refractivity contribution in [2.45, 2.75) is 20.8 Å². The number of methoxy groups -OCH3 is 3. The number of piperazine rings is 1. The fraction of sp³-hybridized carbons (Fsp3) is 0.417. The maximum Gasteiger partial charge on any atom is 0.321 e. The van der Waals surface area contributed by atoms with Gasteiger partial charge in [0.1, 0.15) is 11.6 Å². The average Bonchev–Trinajstić information content (AvgIpc) is 3.20. The summed E-state index contributed by atoms with van der Waals surface area (Å²) >= 11 is 0. The summed E-state index contributed by atoms with van der Waals surface area (Å²) in [6, 6.07) is 7.18. The number of nitrogens with zero attached hydrogens (tertiary/aromatic N) is 6. The fourth-order valence-electron chi connectivity index (χ4n) is 4.16. The Hall–Kier alpha value is -4.02. The van der Waals surface area contributed by atoms with Gasteiger partial charge in [-0.2, -0.15) is 5.10 Å². The van der Waals surface area contributed by atoms with Gasteiger partial charge < -0.3 is 29.3 Å². The lowest BCUT2D eigenvalue weighted by molar-refractivity contribution is 0.208. The molecule has 0 radical (unpaired) electrons. The third kappa shape index (κ3) is 5.08. The minimum absolute atomic E-state index is 0.193. The number of nitrogens with one attached hydrogen (secondary N) is 1. The summed E-state index contributed by atoms with van der Waals surface area (Å²) in [6.07, 6.45) is 0. The van der Waals surface area contributed by atoms with Gasteiger partial charge in [0.15, 0.2) is 17.3 Å². The van der Waals surface area contributed by atoms with E-state index in [9.17, 15) is 4.79 Å². The molecular formula is C24H31N7O4. The Morgan fingerprint density at radius 1 is 0.857 bits per heavy atom. The van der Waals surface area contributed by atoms with Crippen LogP contribution < -0.4 is 24.4 Å². The van der Waals surface area contributed by atoms with Crippen LogP contribution in [0, 0.1) is 20.8 Å². The molecule has 0 atom stereocenters. The molecule has 11 nitrogen and oxygen atoms in total. The number of rotatable bonds is 6. The Balaban J connectivity index is 1.44. The van der Waals surface area contributed by atoms with E-state index in [0.717, 1.165) is 23.0 Å². The molecule has 1 fully saturated rings. The van der Waals surface area contributed by atoms with E-state index < -0.39 is 0 Å². The number of amides is 2. The lowest BCUT2D eigenvalue weighted by Crippen LogP contribution is -2.50. The molecule has 0 spiro atoms. The smallest absolute Gasteiger partial charge is 0.321 e. The normalized spacial score (nSPS) is 13.5. The van der Waals surface area contributed by atoms with Crippen LogP contribution in [0.3, 0.4) is 0 Å². The molecule has 1 aromatic carbocycles. The number of aromatic nitrogens is 4. The molecule has 35 heavy (non-hydrogen) atoms. The van der Waals surface area contributed by atoms with E-state index in [2.05, 4.69) is 25.3 Å². The second-order valence-corrected chi connectivity index (χ2v) is 8.29. The highest BCUT2D eigenvalue weighted by molar-refractivity contribution is 5.90. The predicted octanol–water partition coefficient (Wildman–Crippen LogP) is 2.97. The van der Waals surface area contributed by atoms with Crippen molar-refractivity contribution in [2.24, 2.45) is 0 Å². The molecule has 3 heterocycles. The monoisotopic (exact) mass is 481 g/mol. The third-order valence-corrected chi connectivity index (χ3v) is 5.84. The Bertz CT molecular complexity index is 1190. The number of anilines is 2. The molecule has 186 valence electrons. The van der Waals surface area contributed by atoms with E-state index in [0.29, 0.717) is 54.9 Å². The molecule has 0 saturated carbocycles. The van der Waals surface area contributed by atoms with Gasteiger partial charge >= 0.3 is 6.03 Å². The molecule has 0 aliphatic carbocycles. The lowest BCUT2D eigenvalue weighted by atomic mass is 10.2. The van der Waals surface area contributed by atoms with Crippen LogP contribution in [-0.4, -0.2) is 78.2 Å². The third-order valence-electron chi connectivity index (χ3n) is 5.84. The van der Waals surface area contributed by atoms with E-state index in [4.69, 9.17) is 14.2 Å². The highest BCUT2D eigenvalue weighted by atomic mass is 16.5. The van der Waals surface area contributed by atoms with Crippen molar-refractivity contribution in [3.8, 4) is 23.1 Å². The fourth-order valence-corrected chi connectivity index (χ4v) is 4.16. The van der Waals surface area contributed by atoms with Crippen molar-refractivity contribution in [3.63, 3.8) is 0 Å². The van der Waals surface area contributed by atoms with Crippen molar-refractivity contribution in [2.75, 3.05) is 57.7 Å². The van der Waals surface area contributed by atoms with E-state index >= 15 is 0 Å². The van der Waals surface area contributed by atoms with Gasteiger partial charge in [-0.3, -0.25) is 0 Å². The second-order valence-electron chi connectivity index (χ2n) is 8.29. The predicted molar refractivity (Wildman–Crippen MR) is 132 cm³/mol. The highest BCUT2D eigenvalue weighted by Crippen LogP contribution is 2.40. The summed E-state index contributed by atoms with van der Waals surface area (Å²) in [5, 5.41) is 7.47. The van der Waals surface area contributed by atoms with Gasteiger partial charge in [0.2, 0.25) is 5.75 Å². The molecule has 3 aromatic rings. The van der Waals surface area contributed by atoms with E-state index in [1.54, 1.807) is 17.0 Å². The summed E-state index contributed by atoms with van der Waals surface area (Å²) in [5.74, 6) is 3.66. The quantitative estimate of drug-likeness (QED) is 0.573. The number of hydrogen-bond acceptors (Lipinski definition) is 8. The molecule has 2 aromatic heterocycles. The van der Waals surface area contributed by atoms with Crippen molar-refractivity contribution in [3.05, 3.63) is 41.5 Å².